The van der Waals surface area contributed by atoms with Gasteiger partial charge in [0.1, 0.15) is 23.1 Å². The number of thioether (sulfide) groups is 1. The lowest BCUT2D eigenvalue weighted by Gasteiger charge is -2.16. The molecule has 0 atom stereocenters. The fourth-order valence-corrected chi connectivity index (χ4v) is 4.05. The van der Waals surface area contributed by atoms with Gasteiger partial charge >= 0.3 is 5.92 Å². The Morgan fingerprint density at radius 1 is 1.28 bits per heavy atom. The Labute approximate surface area is 188 Å². The number of hydrogen-bond acceptors (Lipinski definition) is 7. The quantitative estimate of drug-likeness (QED) is 0.584. The Bertz CT molecular complexity index is 1240. The fourth-order valence-electron chi connectivity index (χ4n) is 3.20. The standard InChI is InChI=1S/C23H19F2N5OS/c1-2-31-21-16(11-26)12-28-19-7-6-15(10-18(19)21)9-17-13-29-22(32-17)30-14-23(24,25)20-5-3-4-8-27-20/h3-10,12H,2,13-14H2,1H3,(H,29,30)/b17-9-. The normalized spacial score (nSPS) is 14.9. The first kappa shape index (κ1) is 21.7. The second-order valence-corrected chi connectivity index (χ2v) is 8.04. The van der Waals surface area contributed by atoms with Crippen molar-refractivity contribution in [1.29, 1.82) is 5.26 Å². The van der Waals surface area contributed by atoms with Crippen molar-refractivity contribution in [2.75, 3.05) is 19.7 Å². The van der Waals surface area contributed by atoms with Crippen molar-refractivity contribution in [3.8, 4) is 11.8 Å². The van der Waals surface area contributed by atoms with Gasteiger partial charge in [0.25, 0.3) is 0 Å². The second kappa shape index (κ2) is 9.32. The van der Waals surface area contributed by atoms with Crippen LogP contribution in [0, 0.1) is 11.3 Å². The molecule has 1 aromatic carbocycles. The molecule has 1 aliphatic rings. The summed E-state index contributed by atoms with van der Waals surface area (Å²) in [6, 6.07) is 12.2. The molecule has 162 valence electrons. The zero-order chi connectivity index (χ0) is 22.6. The van der Waals surface area contributed by atoms with E-state index < -0.39 is 12.5 Å². The zero-order valence-corrected chi connectivity index (χ0v) is 18.0. The van der Waals surface area contributed by atoms with Gasteiger partial charge in [-0.05, 0) is 42.8 Å². The SMILES string of the molecule is CCOc1c(C#N)cnc2ccc(/C=C3/CN=C(NCC(F)(F)c4ccccn4)S3)cc12. The van der Waals surface area contributed by atoms with Crippen molar-refractivity contribution >= 4 is 33.9 Å². The molecule has 0 unspecified atom stereocenters. The number of fused-ring (bicyclic) bond motifs is 1. The average Bonchev–Trinajstić information content (AvgIpc) is 3.26. The summed E-state index contributed by atoms with van der Waals surface area (Å²) >= 11 is 1.32. The van der Waals surface area contributed by atoms with Crippen LogP contribution in [0.1, 0.15) is 23.7 Å². The molecular formula is C23H19F2N5OS. The summed E-state index contributed by atoms with van der Waals surface area (Å²) < 4.78 is 34.3. The third-order valence-electron chi connectivity index (χ3n) is 4.69. The summed E-state index contributed by atoms with van der Waals surface area (Å²) in [4.78, 5) is 13.3. The summed E-state index contributed by atoms with van der Waals surface area (Å²) in [5, 5.41) is 13.3. The van der Waals surface area contributed by atoms with Gasteiger partial charge in [0, 0.05) is 22.7 Å². The third-order valence-corrected chi connectivity index (χ3v) is 5.66. The van der Waals surface area contributed by atoms with Gasteiger partial charge in [0.05, 0.1) is 25.2 Å². The topological polar surface area (TPSA) is 83.2 Å². The highest BCUT2D eigenvalue weighted by molar-refractivity contribution is 8.17. The maximum Gasteiger partial charge on any atom is 0.306 e. The highest BCUT2D eigenvalue weighted by Crippen LogP contribution is 2.32. The maximum atomic E-state index is 14.3. The van der Waals surface area contributed by atoms with E-state index in [9.17, 15) is 14.0 Å². The molecule has 6 nitrogen and oxygen atoms in total. The number of benzene rings is 1. The number of pyridine rings is 2. The number of rotatable bonds is 6. The number of aromatic nitrogens is 2. The summed E-state index contributed by atoms with van der Waals surface area (Å²) in [5.74, 6) is -2.59. The predicted molar refractivity (Wildman–Crippen MR) is 122 cm³/mol. The van der Waals surface area contributed by atoms with Crippen LogP contribution in [0.4, 0.5) is 8.78 Å². The average molecular weight is 452 g/mol. The molecule has 0 saturated heterocycles. The van der Waals surface area contributed by atoms with Crippen LogP contribution in [0.3, 0.4) is 0 Å². The number of halogens is 2. The molecule has 0 aliphatic carbocycles. The Balaban J connectivity index is 1.48. The number of aliphatic imine (C=N–C) groups is 1. The van der Waals surface area contributed by atoms with Gasteiger partial charge in [-0.25, -0.2) is 0 Å². The molecule has 4 rings (SSSR count). The van der Waals surface area contributed by atoms with Crippen LogP contribution in [0.2, 0.25) is 0 Å². The highest BCUT2D eigenvalue weighted by atomic mass is 32.2. The molecule has 0 spiro atoms. The Kier molecular flexibility index (Phi) is 6.32. The molecule has 0 bridgehead atoms. The lowest BCUT2D eigenvalue weighted by Crippen LogP contribution is -2.33. The van der Waals surface area contributed by atoms with Gasteiger partial charge < -0.3 is 10.1 Å². The molecule has 3 aromatic rings. The van der Waals surface area contributed by atoms with Crippen LogP contribution in [-0.2, 0) is 5.92 Å². The van der Waals surface area contributed by atoms with E-state index in [-0.39, 0.29) is 5.69 Å². The lowest BCUT2D eigenvalue weighted by atomic mass is 10.1. The van der Waals surface area contributed by atoms with Gasteiger partial charge in [0.2, 0.25) is 0 Å². The molecule has 0 saturated carbocycles. The highest BCUT2D eigenvalue weighted by Gasteiger charge is 2.33. The molecule has 1 N–H and O–H groups in total. The molecule has 1 aliphatic heterocycles. The van der Waals surface area contributed by atoms with E-state index in [0.29, 0.717) is 29.6 Å². The molecule has 0 amide bonds. The van der Waals surface area contributed by atoms with Crippen LogP contribution >= 0.6 is 11.8 Å². The molecule has 3 heterocycles. The number of nitriles is 1. The smallest absolute Gasteiger partial charge is 0.306 e. The van der Waals surface area contributed by atoms with Gasteiger partial charge in [0.15, 0.2) is 5.17 Å². The minimum absolute atomic E-state index is 0.279. The Hall–Kier alpha value is -3.51. The monoisotopic (exact) mass is 451 g/mol. The molecule has 0 fully saturated rings. The Morgan fingerprint density at radius 3 is 2.91 bits per heavy atom. The first-order valence-corrected chi connectivity index (χ1v) is 10.7. The summed E-state index contributed by atoms with van der Waals surface area (Å²) in [5.41, 5.74) is 1.71. The van der Waals surface area contributed by atoms with Crippen LogP contribution in [-0.4, -0.2) is 34.8 Å². The Morgan fingerprint density at radius 2 is 2.16 bits per heavy atom. The molecule has 9 heteroatoms. The van der Waals surface area contributed by atoms with Crippen LogP contribution in [0.15, 0.2) is 58.7 Å². The van der Waals surface area contributed by atoms with Crippen molar-refractivity contribution in [2.45, 2.75) is 12.8 Å². The van der Waals surface area contributed by atoms with Gasteiger partial charge in [-0.1, -0.05) is 23.9 Å². The number of amidine groups is 1. The number of hydrogen-bond donors (Lipinski definition) is 1. The first-order chi connectivity index (χ1) is 15.5. The first-order valence-electron chi connectivity index (χ1n) is 9.92. The molecule has 32 heavy (non-hydrogen) atoms. The zero-order valence-electron chi connectivity index (χ0n) is 17.2. The third kappa shape index (κ3) is 4.70. The number of nitrogens with zero attached hydrogens (tertiary/aromatic N) is 4. The van der Waals surface area contributed by atoms with E-state index >= 15 is 0 Å². The second-order valence-electron chi connectivity index (χ2n) is 6.93. The van der Waals surface area contributed by atoms with E-state index in [1.165, 1.54) is 36.3 Å². The molecule has 0 radical (unpaired) electrons. The van der Waals surface area contributed by atoms with Crippen molar-refractivity contribution in [3.05, 3.63) is 70.5 Å². The largest absolute Gasteiger partial charge is 0.492 e. The van der Waals surface area contributed by atoms with E-state index in [1.807, 2.05) is 31.2 Å². The van der Waals surface area contributed by atoms with E-state index in [2.05, 4.69) is 26.3 Å². The molecular weight excluding hydrogens is 432 g/mol. The van der Waals surface area contributed by atoms with Crippen molar-refractivity contribution in [2.24, 2.45) is 4.99 Å². The summed E-state index contributed by atoms with van der Waals surface area (Å²) in [7, 11) is 0. The van der Waals surface area contributed by atoms with Crippen molar-refractivity contribution in [3.63, 3.8) is 0 Å². The van der Waals surface area contributed by atoms with Crippen LogP contribution in [0.5, 0.6) is 5.75 Å². The fraction of sp³-hybridized carbons (Fsp3) is 0.217. The minimum Gasteiger partial charge on any atom is -0.492 e. The van der Waals surface area contributed by atoms with E-state index in [4.69, 9.17) is 4.74 Å². The summed E-state index contributed by atoms with van der Waals surface area (Å²) in [6.07, 6.45) is 4.79. The van der Waals surface area contributed by atoms with Crippen LogP contribution < -0.4 is 10.1 Å². The molecule has 2 aromatic heterocycles. The predicted octanol–water partition coefficient (Wildman–Crippen LogP) is 4.73. The van der Waals surface area contributed by atoms with Gasteiger partial charge in [-0.2, -0.15) is 14.0 Å². The van der Waals surface area contributed by atoms with E-state index in [0.717, 1.165) is 21.4 Å². The van der Waals surface area contributed by atoms with Gasteiger partial charge in [-0.3, -0.25) is 15.0 Å². The van der Waals surface area contributed by atoms with Gasteiger partial charge in [-0.15, -0.1) is 0 Å². The summed E-state index contributed by atoms with van der Waals surface area (Å²) in [6.45, 7) is 2.10. The minimum atomic E-state index is -3.10. The number of ether oxygens (including phenoxy) is 1. The lowest BCUT2D eigenvalue weighted by molar-refractivity contribution is -0.00301. The van der Waals surface area contributed by atoms with Crippen LogP contribution in [0.25, 0.3) is 17.0 Å². The number of nitrogens with one attached hydrogen (secondary N) is 1. The number of alkyl halides is 2. The van der Waals surface area contributed by atoms with Crippen molar-refractivity contribution in [1.82, 2.24) is 15.3 Å². The van der Waals surface area contributed by atoms with Crippen molar-refractivity contribution < 1.29 is 13.5 Å². The van der Waals surface area contributed by atoms with E-state index in [1.54, 1.807) is 6.07 Å². The maximum absolute atomic E-state index is 14.3.